The summed E-state index contributed by atoms with van der Waals surface area (Å²) in [6.07, 6.45) is 4.35. The molecule has 0 saturated heterocycles. The predicted molar refractivity (Wildman–Crippen MR) is 54.9 cm³/mol. The SMILES string of the molecule is C=CCCNC(CC)C/C(N)=N/O. The summed E-state index contributed by atoms with van der Waals surface area (Å²) in [5.41, 5.74) is 5.39. The molecule has 0 aromatic rings. The Kier molecular flexibility index (Phi) is 7.01. The van der Waals surface area contributed by atoms with Crippen LogP contribution in [0, 0.1) is 0 Å². The highest BCUT2D eigenvalue weighted by atomic mass is 16.4. The molecule has 1 atom stereocenters. The molecule has 0 saturated carbocycles. The Labute approximate surface area is 79.5 Å². The van der Waals surface area contributed by atoms with Crippen LogP contribution in [0.2, 0.25) is 0 Å². The lowest BCUT2D eigenvalue weighted by Gasteiger charge is -2.15. The Morgan fingerprint density at radius 1 is 1.77 bits per heavy atom. The summed E-state index contributed by atoms with van der Waals surface area (Å²) in [5.74, 6) is 0.276. The van der Waals surface area contributed by atoms with Gasteiger partial charge in [0.05, 0.1) is 0 Å². The molecule has 0 aromatic carbocycles. The molecule has 4 heteroatoms. The Morgan fingerprint density at radius 2 is 2.46 bits per heavy atom. The molecular formula is C9H19N3O. The summed E-state index contributed by atoms with van der Waals surface area (Å²) in [6.45, 7) is 6.59. The molecule has 76 valence electrons. The number of nitrogens with zero attached hydrogens (tertiary/aromatic N) is 1. The van der Waals surface area contributed by atoms with Crippen LogP contribution in [0.4, 0.5) is 0 Å². The van der Waals surface area contributed by atoms with Crippen molar-refractivity contribution in [1.29, 1.82) is 0 Å². The number of nitrogens with one attached hydrogen (secondary N) is 1. The van der Waals surface area contributed by atoms with Crippen LogP contribution in [0.1, 0.15) is 26.2 Å². The maximum absolute atomic E-state index is 8.37. The second-order valence-corrected chi connectivity index (χ2v) is 2.93. The number of hydrogen-bond acceptors (Lipinski definition) is 3. The van der Waals surface area contributed by atoms with Crippen molar-refractivity contribution in [2.75, 3.05) is 6.54 Å². The van der Waals surface area contributed by atoms with Gasteiger partial charge in [-0.25, -0.2) is 0 Å². The minimum atomic E-state index is 0.276. The first-order valence-electron chi connectivity index (χ1n) is 4.55. The van der Waals surface area contributed by atoms with E-state index in [0.29, 0.717) is 6.42 Å². The number of amidine groups is 1. The van der Waals surface area contributed by atoms with Crippen LogP contribution in [0.15, 0.2) is 17.8 Å². The van der Waals surface area contributed by atoms with E-state index >= 15 is 0 Å². The summed E-state index contributed by atoms with van der Waals surface area (Å²) in [6, 6.07) is 0.288. The van der Waals surface area contributed by atoms with Gasteiger partial charge in [0.25, 0.3) is 0 Å². The van der Waals surface area contributed by atoms with Crippen molar-refractivity contribution in [1.82, 2.24) is 5.32 Å². The quantitative estimate of drug-likeness (QED) is 0.139. The zero-order valence-corrected chi connectivity index (χ0v) is 8.16. The highest BCUT2D eigenvalue weighted by molar-refractivity contribution is 5.80. The number of rotatable bonds is 7. The van der Waals surface area contributed by atoms with Crippen LogP contribution in [-0.2, 0) is 0 Å². The second-order valence-electron chi connectivity index (χ2n) is 2.93. The van der Waals surface area contributed by atoms with E-state index in [-0.39, 0.29) is 11.9 Å². The molecule has 0 radical (unpaired) electrons. The topological polar surface area (TPSA) is 70.6 Å². The Bertz CT molecular complexity index is 168. The lowest BCUT2D eigenvalue weighted by molar-refractivity contribution is 0.315. The van der Waals surface area contributed by atoms with Gasteiger partial charge >= 0.3 is 0 Å². The minimum absolute atomic E-state index is 0.276. The molecule has 0 aliphatic rings. The van der Waals surface area contributed by atoms with Crippen molar-refractivity contribution in [3.63, 3.8) is 0 Å². The summed E-state index contributed by atoms with van der Waals surface area (Å²) >= 11 is 0. The molecule has 13 heavy (non-hydrogen) atoms. The molecule has 0 rings (SSSR count). The van der Waals surface area contributed by atoms with Gasteiger partial charge in [0.15, 0.2) is 0 Å². The lowest BCUT2D eigenvalue weighted by Crippen LogP contribution is -2.33. The highest BCUT2D eigenvalue weighted by Gasteiger charge is 2.06. The minimum Gasteiger partial charge on any atom is -0.409 e. The van der Waals surface area contributed by atoms with Crippen LogP contribution >= 0.6 is 0 Å². The molecule has 0 aliphatic carbocycles. The van der Waals surface area contributed by atoms with Crippen LogP contribution < -0.4 is 11.1 Å². The van der Waals surface area contributed by atoms with E-state index in [4.69, 9.17) is 10.9 Å². The molecule has 0 fully saturated rings. The predicted octanol–water partition coefficient (Wildman–Crippen LogP) is 1.07. The third kappa shape index (κ3) is 6.16. The molecule has 0 spiro atoms. The lowest BCUT2D eigenvalue weighted by atomic mass is 10.1. The van der Waals surface area contributed by atoms with E-state index < -0.39 is 0 Å². The Morgan fingerprint density at radius 3 is 2.92 bits per heavy atom. The van der Waals surface area contributed by atoms with Gasteiger partial charge in [-0.2, -0.15) is 0 Å². The molecule has 0 heterocycles. The average molecular weight is 185 g/mol. The number of nitrogens with two attached hydrogens (primary N) is 1. The van der Waals surface area contributed by atoms with Crippen molar-refractivity contribution in [2.24, 2.45) is 10.9 Å². The largest absolute Gasteiger partial charge is 0.409 e. The van der Waals surface area contributed by atoms with Gasteiger partial charge in [0.1, 0.15) is 5.84 Å². The number of oxime groups is 1. The monoisotopic (exact) mass is 185 g/mol. The van der Waals surface area contributed by atoms with Crippen LogP contribution in [-0.4, -0.2) is 23.6 Å². The molecule has 4 N–H and O–H groups in total. The van der Waals surface area contributed by atoms with Gasteiger partial charge < -0.3 is 16.3 Å². The first-order chi connectivity index (χ1) is 6.24. The fourth-order valence-corrected chi connectivity index (χ4v) is 1.04. The Balaban J connectivity index is 3.68. The van der Waals surface area contributed by atoms with Crippen molar-refractivity contribution in [3.05, 3.63) is 12.7 Å². The smallest absolute Gasteiger partial charge is 0.140 e. The van der Waals surface area contributed by atoms with Gasteiger partial charge in [-0.15, -0.1) is 6.58 Å². The fourth-order valence-electron chi connectivity index (χ4n) is 1.04. The van der Waals surface area contributed by atoms with Crippen molar-refractivity contribution in [3.8, 4) is 0 Å². The summed E-state index contributed by atoms with van der Waals surface area (Å²) in [7, 11) is 0. The van der Waals surface area contributed by atoms with E-state index in [1.54, 1.807) is 0 Å². The first-order valence-corrected chi connectivity index (χ1v) is 4.55. The third-order valence-electron chi connectivity index (χ3n) is 1.86. The van der Waals surface area contributed by atoms with Gasteiger partial charge in [-0.05, 0) is 19.4 Å². The van der Waals surface area contributed by atoms with E-state index in [0.717, 1.165) is 19.4 Å². The van der Waals surface area contributed by atoms with Crippen molar-refractivity contribution in [2.45, 2.75) is 32.2 Å². The van der Waals surface area contributed by atoms with Crippen LogP contribution in [0.25, 0.3) is 0 Å². The second kappa shape index (κ2) is 7.61. The summed E-state index contributed by atoms with van der Waals surface area (Å²) < 4.78 is 0. The van der Waals surface area contributed by atoms with Crippen molar-refractivity contribution < 1.29 is 5.21 Å². The fraction of sp³-hybridized carbons (Fsp3) is 0.667. The Hall–Kier alpha value is -1.03. The van der Waals surface area contributed by atoms with E-state index in [1.807, 2.05) is 6.08 Å². The third-order valence-corrected chi connectivity index (χ3v) is 1.86. The first kappa shape index (κ1) is 12.0. The van der Waals surface area contributed by atoms with Gasteiger partial charge in [0, 0.05) is 12.5 Å². The summed E-state index contributed by atoms with van der Waals surface area (Å²) in [5, 5.41) is 14.6. The molecule has 1 unspecified atom stereocenters. The standard InChI is InChI=1S/C9H19N3O/c1-3-5-6-11-8(4-2)7-9(10)12-13/h3,8,11,13H,1,4-7H2,2H3,(H2,10,12). The molecule has 0 amide bonds. The maximum atomic E-state index is 8.37. The molecule has 0 bridgehead atoms. The normalized spacial score (nSPS) is 14.1. The average Bonchev–Trinajstić information content (AvgIpc) is 2.16. The summed E-state index contributed by atoms with van der Waals surface area (Å²) in [4.78, 5) is 0. The van der Waals surface area contributed by atoms with Gasteiger partial charge in [0.2, 0.25) is 0 Å². The number of hydrogen-bond donors (Lipinski definition) is 3. The highest BCUT2D eigenvalue weighted by Crippen LogP contribution is 1.97. The molecule has 0 aromatic heterocycles. The van der Waals surface area contributed by atoms with Crippen molar-refractivity contribution >= 4 is 5.84 Å². The van der Waals surface area contributed by atoms with Crippen LogP contribution in [0.5, 0.6) is 0 Å². The molecule has 4 nitrogen and oxygen atoms in total. The van der Waals surface area contributed by atoms with Gasteiger partial charge in [-0.3, -0.25) is 0 Å². The van der Waals surface area contributed by atoms with Gasteiger partial charge in [-0.1, -0.05) is 18.2 Å². The van der Waals surface area contributed by atoms with E-state index in [9.17, 15) is 0 Å². The van der Waals surface area contributed by atoms with E-state index in [1.165, 1.54) is 0 Å². The maximum Gasteiger partial charge on any atom is 0.140 e. The zero-order valence-electron chi connectivity index (χ0n) is 8.16. The molecular weight excluding hydrogens is 166 g/mol. The van der Waals surface area contributed by atoms with E-state index in [2.05, 4.69) is 24.0 Å². The molecule has 0 aliphatic heterocycles. The van der Waals surface area contributed by atoms with Crippen LogP contribution in [0.3, 0.4) is 0 Å². The zero-order chi connectivity index (χ0) is 10.1.